The standard InChI is InChI=1S/C29H27FN2O/c1-20-11-12-27-24(17-20)25(19-28(31-27)23-9-5-6-10-26(23)30)29(33)32-15-13-22(14-16-32)18-21-7-3-2-4-8-21/h2-12,17,19,22H,13-16,18H2,1H3. The first-order chi connectivity index (χ1) is 16.1. The molecule has 0 aliphatic carbocycles. The average Bonchev–Trinajstić information content (AvgIpc) is 2.84. The minimum absolute atomic E-state index is 0.00347. The van der Waals surface area contributed by atoms with E-state index in [9.17, 15) is 9.18 Å². The van der Waals surface area contributed by atoms with Gasteiger partial charge in [0, 0.05) is 24.0 Å². The van der Waals surface area contributed by atoms with Crippen LogP contribution in [0, 0.1) is 18.7 Å². The quantitative estimate of drug-likeness (QED) is 0.367. The van der Waals surface area contributed by atoms with E-state index in [1.807, 2.05) is 36.1 Å². The molecule has 0 saturated carbocycles. The van der Waals surface area contributed by atoms with E-state index >= 15 is 0 Å². The van der Waals surface area contributed by atoms with Gasteiger partial charge in [-0.3, -0.25) is 4.79 Å². The SMILES string of the molecule is Cc1ccc2nc(-c3ccccc3F)cc(C(=O)N3CCC(Cc4ccccc4)CC3)c2c1. The second-order valence-electron chi connectivity index (χ2n) is 8.98. The molecule has 0 spiro atoms. The van der Waals surface area contributed by atoms with Gasteiger partial charge in [-0.15, -0.1) is 0 Å². The molecule has 4 aromatic rings. The average molecular weight is 439 g/mol. The molecule has 2 heterocycles. The molecule has 1 fully saturated rings. The normalized spacial score (nSPS) is 14.5. The van der Waals surface area contributed by atoms with Crippen molar-refractivity contribution in [2.45, 2.75) is 26.2 Å². The Morgan fingerprint density at radius 2 is 1.70 bits per heavy atom. The van der Waals surface area contributed by atoms with Gasteiger partial charge < -0.3 is 4.90 Å². The minimum Gasteiger partial charge on any atom is -0.339 e. The molecule has 0 N–H and O–H groups in total. The van der Waals surface area contributed by atoms with Crippen LogP contribution in [0.15, 0.2) is 78.9 Å². The zero-order valence-corrected chi connectivity index (χ0v) is 18.8. The zero-order chi connectivity index (χ0) is 22.8. The van der Waals surface area contributed by atoms with Crippen molar-refractivity contribution in [2.75, 3.05) is 13.1 Å². The number of hydrogen-bond acceptors (Lipinski definition) is 2. The number of fused-ring (bicyclic) bond motifs is 1. The Kier molecular flexibility index (Phi) is 5.91. The fourth-order valence-electron chi connectivity index (χ4n) is 4.78. The first-order valence-electron chi connectivity index (χ1n) is 11.6. The lowest BCUT2D eigenvalue weighted by atomic mass is 9.90. The van der Waals surface area contributed by atoms with E-state index in [0.717, 1.165) is 43.3 Å². The first kappa shape index (κ1) is 21.3. The fraction of sp³-hybridized carbons (Fsp3) is 0.241. The van der Waals surface area contributed by atoms with Crippen LogP contribution in [0.4, 0.5) is 4.39 Å². The topological polar surface area (TPSA) is 33.2 Å². The number of nitrogens with zero attached hydrogens (tertiary/aromatic N) is 2. The molecule has 1 amide bonds. The Morgan fingerprint density at radius 3 is 2.45 bits per heavy atom. The number of hydrogen-bond donors (Lipinski definition) is 0. The monoisotopic (exact) mass is 438 g/mol. The van der Waals surface area contributed by atoms with Gasteiger partial charge >= 0.3 is 0 Å². The van der Waals surface area contributed by atoms with Crippen LogP contribution in [0.25, 0.3) is 22.2 Å². The Bertz CT molecular complexity index is 1290. The molecule has 4 heteroatoms. The third kappa shape index (κ3) is 4.51. The van der Waals surface area contributed by atoms with E-state index in [1.165, 1.54) is 11.6 Å². The van der Waals surface area contributed by atoms with Crippen LogP contribution < -0.4 is 0 Å². The van der Waals surface area contributed by atoms with Crippen LogP contribution >= 0.6 is 0 Å². The van der Waals surface area contributed by atoms with Gasteiger partial charge in [-0.1, -0.05) is 54.1 Å². The fourth-order valence-corrected chi connectivity index (χ4v) is 4.78. The number of aromatic nitrogens is 1. The summed E-state index contributed by atoms with van der Waals surface area (Å²) in [6.45, 7) is 3.48. The number of carbonyl (C=O) groups excluding carboxylic acids is 1. The van der Waals surface area contributed by atoms with Gasteiger partial charge in [-0.05, 0) is 68.0 Å². The lowest BCUT2D eigenvalue weighted by Gasteiger charge is -2.32. The highest BCUT2D eigenvalue weighted by Gasteiger charge is 2.26. The summed E-state index contributed by atoms with van der Waals surface area (Å²) in [7, 11) is 0. The summed E-state index contributed by atoms with van der Waals surface area (Å²) in [6, 6.07) is 24.8. The molecule has 3 nitrogen and oxygen atoms in total. The van der Waals surface area contributed by atoms with E-state index in [1.54, 1.807) is 24.3 Å². The van der Waals surface area contributed by atoms with Crippen molar-refractivity contribution in [3.8, 4) is 11.3 Å². The smallest absolute Gasteiger partial charge is 0.254 e. The van der Waals surface area contributed by atoms with Gasteiger partial charge in [0.2, 0.25) is 0 Å². The van der Waals surface area contributed by atoms with Gasteiger partial charge in [0.25, 0.3) is 5.91 Å². The van der Waals surface area contributed by atoms with Crippen molar-refractivity contribution in [3.63, 3.8) is 0 Å². The van der Waals surface area contributed by atoms with Crippen LogP contribution in [0.3, 0.4) is 0 Å². The number of halogens is 1. The van der Waals surface area contributed by atoms with Crippen molar-refractivity contribution in [2.24, 2.45) is 5.92 Å². The molecule has 3 aromatic carbocycles. The summed E-state index contributed by atoms with van der Waals surface area (Å²) in [6.07, 6.45) is 3.03. The molecule has 5 rings (SSSR count). The third-order valence-corrected chi connectivity index (χ3v) is 6.61. The van der Waals surface area contributed by atoms with Gasteiger partial charge in [0.05, 0.1) is 16.8 Å². The van der Waals surface area contributed by atoms with Crippen LogP contribution in [0.1, 0.15) is 34.3 Å². The van der Waals surface area contributed by atoms with Crippen molar-refractivity contribution in [3.05, 3.63) is 101 Å². The highest BCUT2D eigenvalue weighted by molar-refractivity contribution is 6.07. The number of rotatable bonds is 4. The maximum atomic E-state index is 14.5. The van der Waals surface area contributed by atoms with Crippen LogP contribution in [0.5, 0.6) is 0 Å². The predicted octanol–water partition coefficient (Wildman–Crippen LogP) is 6.44. The molecule has 1 aliphatic heterocycles. The predicted molar refractivity (Wildman–Crippen MR) is 131 cm³/mol. The summed E-state index contributed by atoms with van der Waals surface area (Å²) in [5.74, 6) is 0.252. The third-order valence-electron chi connectivity index (χ3n) is 6.61. The summed E-state index contributed by atoms with van der Waals surface area (Å²) >= 11 is 0. The molecular weight excluding hydrogens is 411 g/mol. The number of carbonyl (C=O) groups is 1. The second kappa shape index (κ2) is 9.14. The van der Waals surface area contributed by atoms with Crippen LogP contribution in [0.2, 0.25) is 0 Å². The van der Waals surface area contributed by atoms with E-state index in [-0.39, 0.29) is 11.7 Å². The maximum absolute atomic E-state index is 14.5. The van der Waals surface area contributed by atoms with Gasteiger partial charge in [0.1, 0.15) is 5.82 Å². The second-order valence-corrected chi connectivity index (χ2v) is 8.98. The highest BCUT2D eigenvalue weighted by atomic mass is 19.1. The number of amides is 1. The lowest BCUT2D eigenvalue weighted by Crippen LogP contribution is -2.39. The summed E-state index contributed by atoms with van der Waals surface area (Å²) in [5, 5.41) is 0.825. The summed E-state index contributed by atoms with van der Waals surface area (Å²) in [4.78, 5) is 20.3. The molecule has 33 heavy (non-hydrogen) atoms. The van der Waals surface area contributed by atoms with Crippen molar-refractivity contribution in [1.82, 2.24) is 9.88 Å². The van der Waals surface area contributed by atoms with Crippen molar-refractivity contribution in [1.29, 1.82) is 0 Å². The summed E-state index contributed by atoms with van der Waals surface area (Å²) < 4.78 is 14.5. The maximum Gasteiger partial charge on any atom is 0.254 e. The molecule has 0 unspecified atom stereocenters. The Labute approximate surface area is 193 Å². The van der Waals surface area contributed by atoms with E-state index in [4.69, 9.17) is 0 Å². The minimum atomic E-state index is -0.336. The van der Waals surface area contributed by atoms with Gasteiger partial charge in [-0.2, -0.15) is 0 Å². The Hall–Kier alpha value is -3.53. The number of aryl methyl sites for hydroxylation is 1. The van der Waals surface area contributed by atoms with Gasteiger partial charge in [-0.25, -0.2) is 9.37 Å². The number of piperidine rings is 1. The molecule has 0 radical (unpaired) electrons. The van der Waals surface area contributed by atoms with E-state index < -0.39 is 0 Å². The molecule has 0 bridgehead atoms. The van der Waals surface area contributed by atoms with E-state index in [2.05, 4.69) is 29.2 Å². The number of benzene rings is 3. The van der Waals surface area contributed by atoms with E-state index in [0.29, 0.717) is 28.3 Å². The van der Waals surface area contributed by atoms with Crippen molar-refractivity contribution < 1.29 is 9.18 Å². The molecule has 0 atom stereocenters. The molecule has 1 saturated heterocycles. The molecular formula is C29H27FN2O. The largest absolute Gasteiger partial charge is 0.339 e. The van der Waals surface area contributed by atoms with Gasteiger partial charge in [0.15, 0.2) is 0 Å². The van der Waals surface area contributed by atoms with Crippen LogP contribution in [-0.2, 0) is 6.42 Å². The number of likely N-dealkylation sites (tertiary alicyclic amines) is 1. The van der Waals surface area contributed by atoms with Crippen molar-refractivity contribution >= 4 is 16.8 Å². The highest BCUT2D eigenvalue weighted by Crippen LogP contribution is 2.30. The first-order valence-corrected chi connectivity index (χ1v) is 11.6. The molecule has 1 aromatic heterocycles. The molecule has 166 valence electrons. The van der Waals surface area contributed by atoms with Crippen LogP contribution in [-0.4, -0.2) is 28.9 Å². The summed E-state index contributed by atoms with van der Waals surface area (Å²) in [5.41, 5.74) is 4.64. The lowest BCUT2D eigenvalue weighted by molar-refractivity contribution is 0.0692. The Balaban J connectivity index is 1.43. The number of pyridine rings is 1. The molecule has 1 aliphatic rings. The zero-order valence-electron chi connectivity index (χ0n) is 18.8. The Morgan fingerprint density at radius 1 is 0.970 bits per heavy atom.